The summed E-state index contributed by atoms with van der Waals surface area (Å²) in [6.45, 7) is 6.32. The molecule has 0 saturated heterocycles. The minimum atomic E-state index is -0.479. The first-order valence-corrected chi connectivity index (χ1v) is 6.17. The molecule has 1 heterocycles. The second-order valence-corrected chi connectivity index (χ2v) is 4.49. The van der Waals surface area contributed by atoms with E-state index in [2.05, 4.69) is 15.4 Å². The number of nitrogens with one attached hydrogen (secondary N) is 1. The van der Waals surface area contributed by atoms with Gasteiger partial charge in [-0.3, -0.25) is 15.5 Å². The number of hydrogen-bond donors (Lipinski definition) is 2. The third kappa shape index (κ3) is 3.52. The molecule has 112 valence electrons. The van der Waals surface area contributed by atoms with Crippen LogP contribution in [0.2, 0.25) is 0 Å². The van der Waals surface area contributed by atoms with E-state index in [0.29, 0.717) is 13.2 Å². The number of hydrazine groups is 1. The molecule has 9 nitrogen and oxygen atoms in total. The van der Waals surface area contributed by atoms with E-state index >= 15 is 0 Å². The SMILES string of the molecule is COCCN(c1nc(NN)nc(C)c1[N+](=O)[O-])C(C)C. The van der Waals surface area contributed by atoms with Crippen molar-refractivity contribution in [2.24, 2.45) is 5.84 Å². The van der Waals surface area contributed by atoms with Crippen LogP contribution in [0.1, 0.15) is 19.5 Å². The second-order valence-electron chi connectivity index (χ2n) is 4.49. The molecule has 0 bridgehead atoms. The maximum Gasteiger partial charge on any atom is 0.332 e. The largest absolute Gasteiger partial charge is 0.383 e. The Kier molecular flexibility index (Phi) is 5.59. The fourth-order valence-corrected chi connectivity index (χ4v) is 1.83. The van der Waals surface area contributed by atoms with Crippen molar-refractivity contribution in [3.8, 4) is 0 Å². The van der Waals surface area contributed by atoms with E-state index in [1.54, 1.807) is 18.9 Å². The molecule has 0 aliphatic heterocycles. The van der Waals surface area contributed by atoms with Crippen molar-refractivity contribution in [3.05, 3.63) is 15.8 Å². The lowest BCUT2D eigenvalue weighted by atomic mass is 10.2. The first kappa shape index (κ1) is 16.1. The van der Waals surface area contributed by atoms with Crippen LogP contribution in [0.4, 0.5) is 17.5 Å². The predicted molar refractivity (Wildman–Crippen MR) is 75.6 cm³/mol. The number of rotatable bonds is 7. The molecule has 0 atom stereocenters. The van der Waals surface area contributed by atoms with Crippen molar-refractivity contribution in [1.82, 2.24) is 9.97 Å². The third-order valence-electron chi connectivity index (χ3n) is 2.78. The van der Waals surface area contributed by atoms with E-state index in [-0.39, 0.29) is 29.2 Å². The van der Waals surface area contributed by atoms with E-state index in [9.17, 15) is 10.1 Å². The normalized spacial score (nSPS) is 10.7. The summed E-state index contributed by atoms with van der Waals surface area (Å²) in [4.78, 5) is 20.6. The van der Waals surface area contributed by atoms with Gasteiger partial charge in [-0.2, -0.15) is 4.98 Å². The van der Waals surface area contributed by atoms with E-state index in [4.69, 9.17) is 10.6 Å². The molecule has 0 amide bonds. The maximum absolute atomic E-state index is 11.3. The monoisotopic (exact) mass is 284 g/mol. The quantitative estimate of drug-likeness (QED) is 0.429. The Labute approximate surface area is 117 Å². The first-order valence-electron chi connectivity index (χ1n) is 6.17. The molecule has 0 fully saturated rings. The Bertz CT molecular complexity index is 479. The lowest BCUT2D eigenvalue weighted by molar-refractivity contribution is -0.385. The minimum Gasteiger partial charge on any atom is -0.383 e. The van der Waals surface area contributed by atoms with Crippen molar-refractivity contribution >= 4 is 17.5 Å². The van der Waals surface area contributed by atoms with Crippen molar-refractivity contribution in [1.29, 1.82) is 0 Å². The van der Waals surface area contributed by atoms with Crippen LogP contribution in [0.3, 0.4) is 0 Å². The van der Waals surface area contributed by atoms with Crippen LogP contribution in [0.15, 0.2) is 0 Å². The number of anilines is 2. The van der Waals surface area contributed by atoms with Gasteiger partial charge in [0, 0.05) is 19.7 Å². The van der Waals surface area contributed by atoms with Gasteiger partial charge in [-0.15, -0.1) is 0 Å². The van der Waals surface area contributed by atoms with E-state index in [1.807, 2.05) is 13.8 Å². The predicted octanol–water partition coefficient (Wildman–Crippen LogP) is 0.840. The molecule has 3 N–H and O–H groups in total. The summed E-state index contributed by atoms with van der Waals surface area (Å²) in [5, 5.41) is 11.3. The number of methoxy groups -OCH3 is 1. The lowest BCUT2D eigenvalue weighted by Gasteiger charge is -2.27. The zero-order valence-electron chi connectivity index (χ0n) is 12.1. The zero-order chi connectivity index (χ0) is 15.3. The first-order chi connectivity index (χ1) is 9.42. The molecule has 1 aromatic rings. The van der Waals surface area contributed by atoms with Crippen molar-refractivity contribution in [2.45, 2.75) is 26.8 Å². The van der Waals surface area contributed by atoms with E-state index < -0.39 is 4.92 Å². The summed E-state index contributed by atoms with van der Waals surface area (Å²) in [6, 6.07) is 0.0174. The Morgan fingerprint density at radius 1 is 1.50 bits per heavy atom. The summed E-state index contributed by atoms with van der Waals surface area (Å²) in [5.74, 6) is 5.69. The molecule has 0 aliphatic carbocycles. The van der Waals surface area contributed by atoms with Gasteiger partial charge in [0.05, 0.1) is 11.5 Å². The molecule has 1 aromatic heterocycles. The maximum atomic E-state index is 11.3. The Hall–Kier alpha value is -2.00. The van der Waals surface area contributed by atoms with Crippen LogP contribution in [0.25, 0.3) is 0 Å². The van der Waals surface area contributed by atoms with E-state index in [0.717, 1.165) is 0 Å². The van der Waals surface area contributed by atoms with Crippen LogP contribution in [0.5, 0.6) is 0 Å². The zero-order valence-corrected chi connectivity index (χ0v) is 12.1. The number of aryl methyl sites for hydroxylation is 1. The Balaban J connectivity index is 3.36. The van der Waals surface area contributed by atoms with Crippen molar-refractivity contribution in [2.75, 3.05) is 30.6 Å². The van der Waals surface area contributed by atoms with Gasteiger partial charge in [-0.05, 0) is 20.8 Å². The summed E-state index contributed by atoms with van der Waals surface area (Å²) >= 11 is 0. The molecular formula is C11H20N6O3. The van der Waals surface area contributed by atoms with Crippen molar-refractivity contribution in [3.63, 3.8) is 0 Å². The van der Waals surface area contributed by atoms with Gasteiger partial charge >= 0.3 is 5.69 Å². The van der Waals surface area contributed by atoms with Crippen LogP contribution in [-0.4, -0.2) is 41.2 Å². The number of ether oxygens (including phenoxy) is 1. The fourth-order valence-electron chi connectivity index (χ4n) is 1.83. The van der Waals surface area contributed by atoms with Gasteiger partial charge in [0.25, 0.3) is 0 Å². The van der Waals surface area contributed by atoms with Gasteiger partial charge in [0.1, 0.15) is 5.69 Å². The number of aromatic nitrogens is 2. The number of nitrogens with zero attached hydrogens (tertiary/aromatic N) is 4. The molecule has 1 rings (SSSR count). The summed E-state index contributed by atoms with van der Waals surface area (Å²) < 4.78 is 5.04. The fraction of sp³-hybridized carbons (Fsp3) is 0.636. The molecule has 9 heteroatoms. The molecule has 0 unspecified atom stereocenters. The number of hydrogen-bond acceptors (Lipinski definition) is 8. The van der Waals surface area contributed by atoms with Gasteiger partial charge < -0.3 is 9.64 Å². The molecule has 0 spiro atoms. The molecule has 0 aromatic carbocycles. The second kappa shape index (κ2) is 6.96. The van der Waals surface area contributed by atoms with Gasteiger partial charge in [-0.1, -0.05) is 0 Å². The molecule has 0 aliphatic rings. The van der Waals surface area contributed by atoms with E-state index in [1.165, 1.54) is 0 Å². The number of nitrogen functional groups attached to an aromatic ring is 1. The van der Waals surface area contributed by atoms with Gasteiger partial charge in [-0.25, -0.2) is 10.8 Å². The lowest BCUT2D eigenvalue weighted by Crippen LogP contribution is -2.35. The van der Waals surface area contributed by atoms with Crippen LogP contribution >= 0.6 is 0 Å². The molecule has 0 saturated carbocycles. The smallest absolute Gasteiger partial charge is 0.332 e. The summed E-state index contributed by atoms with van der Waals surface area (Å²) in [7, 11) is 1.57. The van der Waals surface area contributed by atoms with Gasteiger partial charge in [0.15, 0.2) is 0 Å². The summed E-state index contributed by atoms with van der Waals surface area (Å²) in [5.41, 5.74) is 2.46. The van der Waals surface area contributed by atoms with Gasteiger partial charge in [0.2, 0.25) is 11.8 Å². The Morgan fingerprint density at radius 3 is 2.60 bits per heavy atom. The minimum absolute atomic E-state index is 0.0174. The topological polar surface area (TPSA) is 119 Å². The number of nitrogens with two attached hydrogens (primary N) is 1. The van der Waals surface area contributed by atoms with Crippen LogP contribution in [-0.2, 0) is 4.74 Å². The van der Waals surface area contributed by atoms with Crippen LogP contribution < -0.4 is 16.2 Å². The summed E-state index contributed by atoms with van der Waals surface area (Å²) in [6.07, 6.45) is 0. The third-order valence-corrected chi connectivity index (χ3v) is 2.78. The molecule has 20 heavy (non-hydrogen) atoms. The molecule has 0 radical (unpaired) electrons. The highest BCUT2D eigenvalue weighted by atomic mass is 16.6. The highest BCUT2D eigenvalue weighted by molar-refractivity contribution is 5.62. The number of nitro groups is 1. The van der Waals surface area contributed by atoms with Crippen molar-refractivity contribution < 1.29 is 9.66 Å². The molecular weight excluding hydrogens is 264 g/mol. The highest BCUT2D eigenvalue weighted by Gasteiger charge is 2.27. The van der Waals surface area contributed by atoms with Crippen LogP contribution in [0, 0.1) is 17.0 Å². The standard InChI is InChI=1S/C11H20N6O3/c1-7(2)16(5-6-20-4)10-9(17(18)19)8(3)13-11(14-10)15-12/h7H,5-6,12H2,1-4H3,(H,13,14,15). The average molecular weight is 284 g/mol. The highest BCUT2D eigenvalue weighted by Crippen LogP contribution is 2.30. The Morgan fingerprint density at radius 2 is 2.15 bits per heavy atom. The average Bonchev–Trinajstić information content (AvgIpc) is 2.37.